The fourth-order valence-corrected chi connectivity index (χ4v) is 6.07. The number of hydrogen-bond donors (Lipinski definition) is 3. The predicted octanol–water partition coefficient (Wildman–Crippen LogP) is 2.62. The van der Waals surface area contributed by atoms with Crippen molar-refractivity contribution in [2.24, 2.45) is 28.9 Å². The number of rotatable bonds is 8. The van der Waals surface area contributed by atoms with Gasteiger partial charge in [0.05, 0.1) is 24.3 Å². The van der Waals surface area contributed by atoms with Gasteiger partial charge in [-0.15, -0.1) is 0 Å². The van der Waals surface area contributed by atoms with E-state index in [4.69, 9.17) is 5.73 Å². The molecule has 9 nitrogen and oxygen atoms in total. The highest BCUT2D eigenvalue weighted by Gasteiger charge is 2.56. The summed E-state index contributed by atoms with van der Waals surface area (Å²) in [7, 11) is 0. The summed E-state index contributed by atoms with van der Waals surface area (Å²) in [6.07, 6.45) is 7.01. The second kappa shape index (κ2) is 9.48. The van der Waals surface area contributed by atoms with Gasteiger partial charge in [0.2, 0.25) is 11.8 Å². The molecule has 2 aromatic heterocycles. The zero-order valence-electron chi connectivity index (χ0n) is 19.6. The number of pyridine rings is 1. The fraction of sp³-hybridized carbons (Fsp3) is 0.542. The molecule has 5 atom stereocenters. The van der Waals surface area contributed by atoms with Crippen LogP contribution in [0.2, 0.25) is 0 Å². The Morgan fingerprint density at radius 1 is 1.29 bits per heavy atom. The van der Waals surface area contributed by atoms with Crippen LogP contribution in [0.15, 0.2) is 40.0 Å². The predicted molar refractivity (Wildman–Crippen MR) is 132 cm³/mol. The lowest BCUT2D eigenvalue weighted by molar-refractivity contribution is -0.123. The number of nitrogens with one attached hydrogen (secondary N) is 2. The first-order valence-corrected chi connectivity index (χ1v) is 12.4. The van der Waals surface area contributed by atoms with Crippen molar-refractivity contribution < 1.29 is 9.59 Å². The maximum Gasteiger partial charge on any atom is 0.283 e. The monoisotopic (exact) mass is 530 g/mol. The van der Waals surface area contributed by atoms with Crippen molar-refractivity contribution in [3.05, 3.63) is 51.1 Å². The zero-order chi connectivity index (χ0) is 24.6. The summed E-state index contributed by atoms with van der Waals surface area (Å²) >= 11 is 3.40. The van der Waals surface area contributed by atoms with Gasteiger partial charge in [-0.2, -0.15) is 5.10 Å². The van der Waals surface area contributed by atoms with Gasteiger partial charge in [0.25, 0.3) is 5.56 Å². The van der Waals surface area contributed by atoms with Crippen molar-refractivity contribution in [2.75, 3.05) is 5.32 Å². The number of fused-ring (bicyclic) bond motifs is 2. The van der Waals surface area contributed by atoms with E-state index in [9.17, 15) is 14.4 Å². The van der Waals surface area contributed by atoms with E-state index >= 15 is 0 Å². The van der Waals surface area contributed by atoms with E-state index < -0.39 is 23.4 Å². The molecule has 2 aromatic rings. The molecular weight excluding hydrogens is 500 g/mol. The summed E-state index contributed by atoms with van der Waals surface area (Å²) in [6, 6.07) is 3.07. The smallest absolute Gasteiger partial charge is 0.283 e. The number of anilines is 1. The van der Waals surface area contributed by atoms with Crippen LogP contribution in [0.5, 0.6) is 0 Å². The van der Waals surface area contributed by atoms with Crippen LogP contribution in [-0.2, 0) is 16.1 Å². The first-order valence-electron chi connectivity index (χ1n) is 11.6. The van der Waals surface area contributed by atoms with Crippen molar-refractivity contribution in [3.63, 3.8) is 0 Å². The van der Waals surface area contributed by atoms with Gasteiger partial charge >= 0.3 is 0 Å². The lowest BCUT2D eigenvalue weighted by Crippen LogP contribution is -2.58. The summed E-state index contributed by atoms with van der Waals surface area (Å²) in [5.41, 5.74) is 6.67. The molecule has 34 heavy (non-hydrogen) atoms. The Labute approximate surface area is 207 Å². The molecule has 2 amide bonds. The molecule has 0 radical (unpaired) electrons. The molecule has 10 heteroatoms. The maximum absolute atomic E-state index is 12.9. The summed E-state index contributed by atoms with van der Waals surface area (Å²) in [4.78, 5) is 41.0. The number of hydrogen-bond acceptors (Lipinski definition) is 6. The summed E-state index contributed by atoms with van der Waals surface area (Å²) in [6.45, 7) is 6.70. The Bertz CT molecular complexity index is 1140. The van der Waals surface area contributed by atoms with Gasteiger partial charge in [-0.1, -0.05) is 20.8 Å². The number of aromatic nitrogens is 3. The van der Waals surface area contributed by atoms with Crippen molar-refractivity contribution in [2.45, 2.75) is 58.7 Å². The minimum atomic E-state index is -0.614. The lowest BCUT2D eigenvalue weighted by atomic mass is 9.45. The van der Waals surface area contributed by atoms with Gasteiger partial charge in [0.1, 0.15) is 11.0 Å². The normalized spacial score (nSPS) is 25.6. The molecule has 2 heterocycles. The third-order valence-corrected chi connectivity index (χ3v) is 8.59. The van der Waals surface area contributed by atoms with E-state index in [-0.39, 0.29) is 19.0 Å². The summed E-state index contributed by atoms with van der Waals surface area (Å²) in [5.74, 6) is 0.863. The molecule has 0 spiro atoms. The summed E-state index contributed by atoms with van der Waals surface area (Å²) in [5, 5.41) is 10.5. The van der Waals surface area contributed by atoms with Gasteiger partial charge < -0.3 is 16.4 Å². The number of amides is 2. The van der Waals surface area contributed by atoms with E-state index in [1.807, 2.05) is 0 Å². The van der Waals surface area contributed by atoms with Gasteiger partial charge in [-0.05, 0) is 69.6 Å². The first kappa shape index (κ1) is 24.4. The Morgan fingerprint density at radius 3 is 2.62 bits per heavy atom. The zero-order valence-corrected chi connectivity index (χ0v) is 21.2. The fourth-order valence-electron chi connectivity index (χ4n) is 5.64. The lowest BCUT2D eigenvalue weighted by Gasteiger charge is -2.62. The van der Waals surface area contributed by atoms with Crippen LogP contribution in [0.1, 0.15) is 51.6 Å². The highest BCUT2D eigenvalue weighted by molar-refractivity contribution is 9.10. The van der Waals surface area contributed by atoms with Gasteiger partial charge in [-0.3, -0.25) is 19.4 Å². The van der Waals surface area contributed by atoms with E-state index in [1.165, 1.54) is 6.42 Å². The molecule has 0 aliphatic heterocycles. The Kier molecular flexibility index (Phi) is 6.80. The van der Waals surface area contributed by atoms with Gasteiger partial charge in [0.15, 0.2) is 0 Å². The minimum absolute atomic E-state index is 0.0665. The Morgan fingerprint density at radius 2 is 2.00 bits per heavy atom. The second-order valence-corrected chi connectivity index (χ2v) is 10.9. The topological polar surface area (TPSA) is 132 Å². The molecule has 3 saturated carbocycles. The average Bonchev–Trinajstić information content (AvgIpc) is 2.79. The number of carbonyl (C=O) groups excluding carboxylic acids is 2. The van der Waals surface area contributed by atoms with Gasteiger partial charge in [0, 0.05) is 18.4 Å². The van der Waals surface area contributed by atoms with E-state index in [1.54, 1.807) is 30.7 Å². The van der Waals surface area contributed by atoms with Crippen LogP contribution in [0.25, 0.3) is 0 Å². The van der Waals surface area contributed by atoms with Crippen molar-refractivity contribution in [1.29, 1.82) is 0 Å². The molecule has 2 bridgehead atoms. The molecule has 0 saturated heterocycles. The number of nitrogens with zero attached hydrogens (tertiary/aromatic N) is 3. The highest BCUT2D eigenvalue weighted by Crippen LogP contribution is 2.61. The molecule has 4 N–H and O–H groups in total. The first-order chi connectivity index (χ1) is 16.1. The quantitative estimate of drug-likeness (QED) is 0.480. The number of nitrogens with two attached hydrogens (primary N) is 1. The van der Waals surface area contributed by atoms with Crippen LogP contribution in [-0.4, -0.2) is 32.6 Å². The molecule has 3 fully saturated rings. The highest BCUT2D eigenvalue weighted by atomic mass is 79.9. The molecule has 0 aromatic carbocycles. The third-order valence-electron chi connectivity index (χ3n) is 7.82. The average molecular weight is 531 g/mol. The van der Waals surface area contributed by atoms with Crippen molar-refractivity contribution in [3.8, 4) is 0 Å². The SMILES string of the molecule is C[C@@H]1[C@H]2C[C@@H](C[C@H]1Nc1cnn(CC(=O)NC(CC(N)=O)c3ccncc3)c(=O)c1Br)C2(C)C. The van der Waals surface area contributed by atoms with Crippen LogP contribution in [0.4, 0.5) is 5.69 Å². The Balaban J connectivity index is 1.43. The molecular formula is C24H31BrN6O3. The maximum atomic E-state index is 12.9. The minimum Gasteiger partial charge on any atom is -0.380 e. The summed E-state index contributed by atoms with van der Waals surface area (Å²) < 4.78 is 1.45. The molecule has 5 rings (SSSR count). The van der Waals surface area contributed by atoms with Crippen LogP contribution >= 0.6 is 15.9 Å². The van der Waals surface area contributed by atoms with Crippen molar-refractivity contribution in [1.82, 2.24) is 20.1 Å². The van der Waals surface area contributed by atoms with Gasteiger partial charge in [-0.25, -0.2) is 4.68 Å². The number of primary amides is 1. The van der Waals surface area contributed by atoms with E-state index in [2.05, 4.69) is 57.4 Å². The molecule has 3 aliphatic carbocycles. The van der Waals surface area contributed by atoms with Crippen molar-refractivity contribution >= 4 is 33.4 Å². The van der Waals surface area contributed by atoms with E-state index in [0.29, 0.717) is 38.9 Å². The Hall–Kier alpha value is -2.75. The van der Waals surface area contributed by atoms with Crippen LogP contribution in [0.3, 0.4) is 0 Å². The third kappa shape index (κ3) is 4.73. The van der Waals surface area contributed by atoms with E-state index in [0.717, 1.165) is 11.1 Å². The molecule has 182 valence electrons. The van der Waals surface area contributed by atoms with Crippen LogP contribution < -0.4 is 21.9 Å². The number of halogens is 1. The second-order valence-electron chi connectivity index (χ2n) is 10.1. The number of carbonyl (C=O) groups is 2. The largest absolute Gasteiger partial charge is 0.380 e. The van der Waals surface area contributed by atoms with Crippen LogP contribution in [0, 0.1) is 23.2 Å². The standard InChI is InChI=1S/C24H31BrN6O3/c1-13-16-8-15(24(16,2)3)9-17(13)29-19-11-28-31(23(34)22(19)25)12-21(33)30-18(10-20(26)32)14-4-6-27-7-5-14/h4-7,11,13,15-18,29H,8-10,12H2,1-3H3,(H2,26,32)(H,30,33)/t13-,15+,16-,17-,18?/m1/s1. The molecule has 3 aliphatic rings. The molecule has 1 unspecified atom stereocenters.